The number of hydrogen-bond acceptors (Lipinski definition) is 1. The molecular formula is C20H26FN2O+. The Bertz CT molecular complexity index is 626. The van der Waals surface area contributed by atoms with Crippen LogP contribution in [-0.2, 0) is 11.2 Å². The molecule has 2 aromatic carbocycles. The second-order valence-electron chi connectivity index (χ2n) is 6.35. The van der Waals surface area contributed by atoms with Crippen LogP contribution in [0, 0.1) is 11.7 Å². The van der Waals surface area contributed by atoms with Gasteiger partial charge in [-0.3, -0.25) is 4.79 Å². The molecule has 1 amide bonds. The molecule has 2 rings (SSSR count). The van der Waals surface area contributed by atoms with Crippen molar-refractivity contribution in [3.05, 3.63) is 71.5 Å². The zero-order valence-electron chi connectivity index (χ0n) is 14.3. The molecule has 0 fully saturated rings. The molecule has 0 saturated heterocycles. The number of rotatable bonds is 8. The predicted octanol–water partition coefficient (Wildman–Crippen LogP) is 2.45. The molecule has 3 N–H and O–H groups in total. The zero-order chi connectivity index (χ0) is 17.4. The Morgan fingerprint density at radius 1 is 1.08 bits per heavy atom. The van der Waals surface area contributed by atoms with Gasteiger partial charge in [0.05, 0.1) is 0 Å². The summed E-state index contributed by atoms with van der Waals surface area (Å²) in [4.78, 5) is 12.0. The van der Waals surface area contributed by atoms with Gasteiger partial charge in [0.1, 0.15) is 11.9 Å². The van der Waals surface area contributed by atoms with Gasteiger partial charge < -0.3 is 10.6 Å². The summed E-state index contributed by atoms with van der Waals surface area (Å²) in [5.74, 6) is 0.145. The van der Waals surface area contributed by atoms with Crippen molar-refractivity contribution in [3.8, 4) is 0 Å². The highest BCUT2D eigenvalue weighted by Gasteiger charge is 2.20. The Balaban J connectivity index is 1.79. The molecule has 0 aliphatic rings. The van der Waals surface area contributed by atoms with Crippen LogP contribution in [0.3, 0.4) is 0 Å². The molecule has 4 heteroatoms. The molecule has 24 heavy (non-hydrogen) atoms. The van der Waals surface area contributed by atoms with Crippen molar-refractivity contribution in [2.45, 2.75) is 26.3 Å². The number of nitrogens with two attached hydrogens (primary N) is 1. The lowest BCUT2D eigenvalue weighted by atomic mass is 9.96. The van der Waals surface area contributed by atoms with Crippen LogP contribution in [0.2, 0.25) is 0 Å². The number of quaternary nitrogens is 1. The average Bonchev–Trinajstić information content (AvgIpc) is 2.57. The topological polar surface area (TPSA) is 45.7 Å². The lowest BCUT2D eigenvalue weighted by Crippen LogP contribution is -2.88. The van der Waals surface area contributed by atoms with Gasteiger partial charge >= 0.3 is 0 Å². The van der Waals surface area contributed by atoms with E-state index < -0.39 is 0 Å². The summed E-state index contributed by atoms with van der Waals surface area (Å²) in [7, 11) is 0. The van der Waals surface area contributed by atoms with Crippen LogP contribution in [0.1, 0.15) is 31.0 Å². The van der Waals surface area contributed by atoms with E-state index in [2.05, 4.69) is 31.3 Å². The number of halogens is 1. The Morgan fingerprint density at radius 3 is 2.38 bits per heavy atom. The van der Waals surface area contributed by atoms with Gasteiger partial charge in [-0.25, -0.2) is 4.39 Å². The molecule has 2 aromatic rings. The first kappa shape index (κ1) is 18.1. The maximum Gasteiger partial charge on any atom is 0.275 e. The molecule has 0 radical (unpaired) electrons. The van der Waals surface area contributed by atoms with Crippen LogP contribution < -0.4 is 10.6 Å². The second kappa shape index (κ2) is 9.18. The molecule has 0 bridgehead atoms. The van der Waals surface area contributed by atoms with Crippen LogP contribution >= 0.6 is 0 Å². The monoisotopic (exact) mass is 329 g/mol. The largest absolute Gasteiger partial charge is 0.351 e. The van der Waals surface area contributed by atoms with Crippen molar-refractivity contribution in [1.82, 2.24) is 5.32 Å². The first-order valence-electron chi connectivity index (χ1n) is 8.45. The summed E-state index contributed by atoms with van der Waals surface area (Å²) in [5.41, 5.74) is 2.26. The van der Waals surface area contributed by atoms with Gasteiger partial charge in [0.15, 0.2) is 6.54 Å². The van der Waals surface area contributed by atoms with Crippen molar-refractivity contribution in [3.63, 3.8) is 0 Å². The fourth-order valence-electron chi connectivity index (χ4n) is 2.78. The molecular weight excluding hydrogens is 303 g/mol. The summed E-state index contributed by atoms with van der Waals surface area (Å²) in [6.07, 6.45) is 0.831. The molecule has 0 aliphatic heterocycles. The van der Waals surface area contributed by atoms with E-state index in [4.69, 9.17) is 0 Å². The number of amides is 1. The quantitative estimate of drug-likeness (QED) is 0.768. The van der Waals surface area contributed by atoms with E-state index in [0.717, 1.165) is 12.0 Å². The summed E-state index contributed by atoms with van der Waals surface area (Å²) in [5, 5.41) is 4.98. The van der Waals surface area contributed by atoms with E-state index in [0.29, 0.717) is 19.0 Å². The Morgan fingerprint density at radius 2 is 1.75 bits per heavy atom. The van der Waals surface area contributed by atoms with E-state index in [1.54, 1.807) is 12.1 Å². The Hall–Kier alpha value is -2.20. The molecule has 0 unspecified atom stereocenters. The van der Waals surface area contributed by atoms with Crippen LogP contribution in [0.4, 0.5) is 4.39 Å². The number of carbonyl (C=O) groups is 1. The van der Waals surface area contributed by atoms with Crippen LogP contribution in [0.15, 0.2) is 54.6 Å². The number of benzene rings is 2. The standard InChI is InChI=1S/C20H25FN2O/c1-15(2)20(17-8-10-18(21)11-9-17)23-14-19(24)22-13-12-16-6-4-3-5-7-16/h3-11,15,20,23H,12-14H2,1-2H3,(H,22,24)/p+1/t20-/m0/s1. The predicted molar refractivity (Wildman–Crippen MR) is 93.9 cm³/mol. The number of hydrogen-bond donors (Lipinski definition) is 2. The van der Waals surface area contributed by atoms with E-state index in [9.17, 15) is 9.18 Å². The maximum absolute atomic E-state index is 13.1. The smallest absolute Gasteiger partial charge is 0.275 e. The van der Waals surface area contributed by atoms with Crippen molar-refractivity contribution in [1.29, 1.82) is 0 Å². The van der Waals surface area contributed by atoms with Gasteiger partial charge in [-0.1, -0.05) is 56.3 Å². The maximum atomic E-state index is 13.1. The van der Waals surface area contributed by atoms with Gasteiger partial charge in [-0.2, -0.15) is 0 Å². The molecule has 0 saturated carbocycles. The third-order valence-electron chi connectivity index (χ3n) is 4.11. The Kier molecular flexibility index (Phi) is 6.94. The fraction of sp³-hybridized carbons (Fsp3) is 0.350. The van der Waals surface area contributed by atoms with E-state index in [-0.39, 0.29) is 17.8 Å². The summed E-state index contributed by atoms with van der Waals surface area (Å²) >= 11 is 0. The molecule has 1 atom stereocenters. The van der Waals surface area contributed by atoms with Gasteiger partial charge in [0.25, 0.3) is 5.91 Å². The lowest BCUT2D eigenvalue weighted by Gasteiger charge is -2.19. The van der Waals surface area contributed by atoms with Crippen LogP contribution in [0.5, 0.6) is 0 Å². The number of nitrogens with one attached hydrogen (secondary N) is 1. The lowest BCUT2D eigenvalue weighted by molar-refractivity contribution is -0.692. The minimum absolute atomic E-state index is 0.0266. The first-order chi connectivity index (χ1) is 11.6. The van der Waals surface area contributed by atoms with Gasteiger partial charge in [0.2, 0.25) is 0 Å². The van der Waals surface area contributed by atoms with Crippen molar-refractivity contribution < 1.29 is 14.5 Å². The van der Waals surface area contributed by atoms with Gasteiger partial charge in [-0.15, -0.1) is 0 Å². The summed E-state index contributed by atoms with van der Waals surface area (Å²) in [6, 6.07) is 16.8. The van der Waals surface area contributed by atoms with Crippen LogP contribution in [-0.4, -0.2) is 19.0 Å². The van der Waals surface area contributed by atoms with E-state index >= 15 is 0 Å². The van der Waals surface area contributed by atoms with E-state index in [1.165, 1.54) is 17.7 Å². The highest BCUT2D eigenvalue weighted by molar-refractivity contribution is 5.76. The van der Waals surface area contributed by atoms with Crippen molar-refractivity contribution >= 4 is 5.91 Å². The Labute approximate surface area is 143 Å². The molecule has 0 spiro atoms. The van der Waals surface area contributed by atoms with E-state index in [1.807, 2.05) is 23.5 Å². The average molecular weight is 329 g/mol. The van der Waals surface area contributed by atoms with Crippen molar-refractivity contribution in [2.24, 2.45) is 5.92 Å². The molecule has 0 aromatic heterocycles. The fourth-order valence-corrected chi connectivity index (χ4v) is 2.78. The van der Waals surface area contributed by atoms with Gasteiger partial charge in [0, 0.05) is 18.0 Å². The normalized spacial score (nSPS) is 12.2. The molecule has 0 heterocycles. The third-order valence-corrected chi connectivity index (χ3v) is 4.11. The first-order valence-corrected chi connectivity index (χ1v) is 8.45. The number of carbonyl (C=O) groups excluding carboxylic acids is 1. The minimum atomic E-state index is -0.236. The zero-order valence-corrected chi connectivity index (χ0v) is 14.3. The van der Waals surface area contributed by atoms with Gasteiger partial charge in [-0.05, 0) is 24.1 Å². The third kappa shape index (κ3) is 5.78. The summed E-state index contributed by atoms with van der Waals surface area (Å²) < 4.78 is 13.1. The summed E-state index contributed by atoms with van der Waals surface area (Å²) in [6.45, 7) is 5.23. The highest BCUT2D eigenvalue weighted by atomic mass is 19.1. The minimum Gasteiger partial charge on any atom is -0.351 e. The molecule has 0 aliphatic carbocycles. The van der Waals surface area contributed by atoms with Crippen LogP contribution in [0.25, 0.3) is 0 Å². The highest BCUT2D eigenvalue weighted by Crippen LogP contribution is 2.17. The SMILES string of the molecule is CC(C)[C@H]([NH2+]CC(=O)NCCc1ccccc1)c1ccc(F)cc1. The molecule has 128 valence electrons. The molecule has 3 nitrogen and oxygen atoms in total. The van der Waals surface area contributed by atoms with Crippen molar-refractivity contribution in [2.75, 3.05) is 13.1 Å². The second-order valence-corrected chi connectivity index (χ2v) is 6.35.